The van der Waals surface area contributed by atoms with Gasteiger partial charge in [0.15, 0.2) is 0 Å². The van der Waals surface area contributed by atoms with Gasteiger partial charge >= 0.3 is 5.97 Å². The predicted molar refractivity (Wildman–Crippen MR) is 53.2 cm³/mol. The third kappa shape index (κ3) is 3.85. The summed E-state index contributed by atoms with van der Waals surface area (Å²) in [6.07, 6.45) is 5.05. The van der Waals surface area contributed by atoms with Gasteiger partial charge in [0.25, 0.3) is 0 Å². The van der Waals surface area contributed by atoms with Crippen LogP contribution >= 0.6 is 15.9 Å². The fourth-order valence-electron chi connectivity index (χ4n) is 0.817. The first-order valence-corrected chi connectivity index (χ1v) is 4.47. The summed E-state index contributed by atoms with van der Waals surface area (Å²) in [7, 11) is 0. The fraction of sp³-hybridized carbons (Fsp3) is 0.111. The maximum absolute atomic E-state index is 10.2. The maximum atomic E-state index is 10.2. The molecule has 0 atom stereocenters. The minimum atomic E-state index is -0.829. The number of hydrogen-bond donors (Lipinski definition) is 1. The number of hydrogen-bond acceptors (Lipinski definition) is 2. The van der Waals surface area contributed by atoms with Crippen molar-refractivity contribution in [3.63, 3.8) is 0 Å². The Bertz CT molecular complexity index is 336. The van der Waals surface area contributed by atoms with Crippen LogP contribution in [-0.2, 0) is 4.79 Å². The minimum Gasteiger partial charge on any atom is -0.481 e. The topological polar surface area (TPSA) is 50.2 Å². The molecule has 0 amide bonds. The fourth-order valence-corrected chi connectivity index (χ4v) is 1.20. The Hall–Kier alpha value is -1.16. The molecule has 0 saturated carbocycles. The molecule has 4 heteroatoms. The van der Waals surface area contributed by atoms with Crippen molar-refractivity contribution in [2.45, 2.75) is 6.42 Å². The Morgan fingerprint density at radius 1 is 1.69 bits per heavy atom. The van der Waals surface area contributed by atoms with Crippen LogP contribution in [0.3, 0.4) is 0 Å². The number of aliphatic carboxylic acids is 1. The highest BCUT2D eigenvalue weighted by Gasteiger charge is 1.91. The maximum Gasteiger partial charge on any atom is 0.307 e. The molecule has 0 aromatic carbocycles. The predicted octanol–water partition coefficient (Wildman–Crippen LogP) is 2.33. The van der Waals surface area contributed by atoms with Crippen LogP contribution in [0.4, 0.5) is 0 Å². The van der Waals surface area contributed by atoms with Gasteiger partial charge in [0.05, 0.1) is 6.42 Å². The second-order valence-electron chi connectivity index (χ2n) is 2.41. The van der Waals surface area contributed by atoms with Gasteiger partial charge in [-0.25, -0.2) is 4.98 Å². The quantitative estimate of drug-likeness (QED) is 0.827. The molecule has 3 nitrogen and oxygen atoms in total. The van der Waals surface area contributed by atoms with Crippen LogP contribution in [0, 0.1) is 0 Å². The smallest absolute Gasteiger partial charge is 0.307 e. The SMILES string of the molecule is O=C(O)CC=Cc1ccnc(Br)c1. The van der Waals surface area contributed by atoms with Crippen molar-refractivity contribution in [3.8, 4) is 0 Å². The number of nitrogens with zero attached hydrogens (tertiary/aromatic N) is 1. The molecule has 0 fully saturated rings. The third-order valence-corrected chi connectivity index (χ3v) is 1.79. The van der Waals surface area contributed by atoms with Crippen LogP contribution in [0.2, 0.25) is 0 Å². The summed E-state index contributed by atoms with van der Waals surface area (Å²) < 4.78 is 0.741. The van der Waals surface area contributed by atoms with E-state index >= 15 is 0 Å². The lowest BCUT2D eigenvalue weighted by Crippen LogP contribution is -1.89. The summed E-state index contributed by atoms with van der Waals surface area (Å²) in [6, 6.07) is 3.63. The van der Waals surface area contributed by atoms with Crippen molar-refractivity contribution in [2.75, 3.05) is 0 Å². The third-order valence-electron chi connectivity index (χ3n) is 1.35. The Morgan fingerprint density at radius 2 is 2.46 bits per heavy atom. The molecule has 1 N–H and O–H groups in total. The largest absolute Gasteiger partial charge is 0.481 e. The summed E-state index contributed by atoms with van der Waals surface area (Å²) in [4.78, 5) is 14.1. The number of aromatic nitrogens is 1. The zero-order valence-electron chi connectivity index (χ0n) is 6.77. The van der Waals surface area contributed by atoms with E-state index in [9.17, 15) is 4.79 Å². The molecule has 1 aromatic heterocycles. The molecular formula is C9H8BrNO2. The highest BCUT2D eigenvalue weighted by atomic mass is 79.9. The van der Waals surface area contributed by atoms with E-state index in [4.69, 9.17) is 5.11 Å². The molecule has 1 aromatic rings. The standard InChI is InChI=1S/C9H8BrNO2/c10-8-6-7(4-5-11-8)2-1-3-9(12)13/h1-2,4-6H,3H2,(H,12,13). The first-order chi connectivity index (χ1) is 6.18. The first kappa shape index (κ1) is 9.92. The molecule has 0 radical (unpaired) electrons. The van der Waals surface area contributed by atoms with Crippen LogP contribution in [-0.4, -0.2) is 16.1 Å². The molecule has 1 rings (SSSR count). The normalized spacial score (nSPS) is 10.5. The number of carbonyl (C=O) groups is 1. The molecule has 13 heavy (non-hydrogen) atoms. The van der Waals surface area contributed by atoms with Crippen molar-refractivity contribution in [2.24, 2.45) is 0 Å². The van der Waals surface area contributed by atoms with E-state index < -0.39 is 5.97 Å². The zero-order valence-corrected chi connectivity index (χ0v) is 8.36. The van der Waals surface area contributed by atoms with E-state index in [0.29, 0.717) is 0 Å². The number of rotatable bonds is 3. The molecule has 0 bridgehead atoms. The summed E-state index contributed by atoms with van der Waals surface area (Å²) in [5.74, 6) is -0.829. The Labute approximate surface area is 84.2 Å². The van der Waals surface area contributed by atoms with Gasteiger partial charge in [0.1, 0.15) is 4.60 Å². The molecule has 0 spiro atoms. The highest BCUT2D eigenvalue weighted by Crippen LogP contribution is 2.09. The summed E-state index contributed by atoms with van der Waals surface area (Å²) in [5, 5.41) is 8.37. The Balaban J connectivity index is 2.63. The van der Waals surface area contributed by atoms with Crippen molar-refractivity contribution in [1.29, 1.82) is 0 Å². The zero-order chi connectivity index (χ0) is 9.68. The minimum absolute atomic E-state index is 0.0416. The van der Waals surface area contributed by atoms with Gasteiger partial charge in [-0.1, -0.05) is 12.2 Å². The van der Waals surface area contributed by atoms with Crippen molar-refractivity contribution >= 4 is 28.0 Å². The lowest BCUT2D eigenvalue weighted by molar-refractivity contribution is -0.135. The van der Waals surface area contributed by atoms with Crippen LogP contribution < -0.4 is 0 Å². The van der Waals surface area contributed by atoms with Crippen molar-refractivity contribution < 1.29 is 9.90 Å². The summed E-state index contributed by atoms with van der Waals surface area (Å²) in [5.41, 5.74) is 0.933. The summed E-state index contributed by atoms with van der Waals surface area (Å²) >= 11 is 3.22. The van der Waals surface area contributed by atoms with Gasteiger partial charge in [-0.2, -0.15) is 0 Å². The van der Waals surface area contributed by atoms with Gasteiger partial charge in [-0.15, -0.1) is 0 Å². The molecule has 0 aliphatic rings. The van der Waals surface area contributed by atoms with E-state index in [0.717, 1.165) is 10.2 Å². The summed E-state index contributed by atoms with van der Waals surface area (Å²) in [6.45, 7) is 0. The molecule has 1 heterocycles. The molecule has 0 aliphatic carbocycles. The number of carboxylic acids is 1. The van der Waals surface area contributed by atoms with Gasteiger partial charge in [-0.3, -0.25) is 4.79 Å². The van der Waals surface area contributed by atoms with E-state index in [-0.39, 0.29) is 6.42 Å². The lowest BCUT2D eigenvalue weighted by atomic mass is 10.2. The van der Waals surface area contributed by atoms with Crippen molar-refractivity contribution in [3.05, 3.63) is 34.6 Å². The van der Waals surface area contributed by atoms with Gasteiger partial charge < -0.3 is 5.11 Å². The molecule has 0 saturated heterocycles. The lowest BCUT2D eigenvalue weighted by Gasteiger charge is -1.92. The highest BCUT2D eigenvalue weighted by molar-refractivity contribution is 9.10. The van der Waals surface area contributed by atoms with Gasteiger partial charge in [-0.05, 0) is 33.6 Å². The Kier molecular flexibility index (Phi) is 3.64. The second kappa shape index (κ2) is 4.77. The second-order valence-corrected chi connectivity index (χ2v) is 3.22. The van der Waals surface area contributed by atoms with E-state index in [1.165, 1.54) is 0 Å². The van der Waals surface area contributed by atoms with E-state index in [1.807, 2.05) is 12.1 Å². The van der Waals surface area contributed by atoms with E-state index in [1.54, 1.807) is 18.3 Å². The van der Waals surface area contributed by atoms with Gasteiger partial charge in [0.2, 0.25) is 0 Å². The average molecular weight is 242 g/mol. The number of pyridine rings is 1. The van der Waals surface area contributed by atoms with Gasteiger partial charge in [0, 0.05) is 6.20 Å². The Morgan fingerprint density at radius 3 is 3.08 bits per heavy atom. The van der Waals surface area contributed by atoms with Crippen LogP contribution in [0.25, 0.3) is 6.08 Å². The van der Waals surface area contributed by atoms with Crippen LogP contribution in [0.15, 0.2) is 29.0 Å². The van der Waals surface area contributed by atoms with Crippen LogP contribution in [0.5, 0.6) is 0 Å². The number of carboxylic acid groups (broad SMARTS) is 1. The molecule has 0 unspecified atom stereocenters. The first-order valence-electron chi connectivity index (χ1n) is 3.68. The average Bonchev–Trinajstić information content (AvgIpc) is 2.03. The van der Waals surface area contributed by atoms with Crippen LogP contribution in [0.1, 0.15) is 12.0 Å². The van der Waals surface area contributed by atoms with E-state index in [2.05, 4.69) is 20.9 Å². The molecule has 0 aliphatic heterocycles. The number of halogens is 1. The monoisotopic (exact) mass is 241 g/mol. The van der Waals surface area contributed by atoms with Crippen molar-refractivity contribution in [1.82, 2.24) is 4.98 Å². The molecule has 68 valence electrons. The molecular weight excluding hydrogens is 234 g/mol.